The SMILES string of the molecule is CCN(CC)CCC(O)c1ccc2c(c1)OCCO2.[Cl-]. The fraction of sp³-hybridized carbons (Fsp3) is 0.600. The topological polar surface area (TPSA) is 41.9 Å². The normalized spacial score (nSPS) is 14.8. The second-order valence-electron chi connectivity index (χ2n) is 4.73. The number of hydrogen-bond acceptors (Lipinski definition) is 4. The molecule has 1 aliphatic heterocycles. The van der Waals surface area contributed by atoms with Gasteiger partial charge < -0.3 is 31.9 Å². The number of aliphatic hydroxyl groups is 1. The van der Waals surface area contributed by atoms with Gasteiger partial charge in [0, 0.05) is 6.54 Å². The Morgan fingerprint density at radius 1 is 1.15 bits per heavy atom. The smallest absolute Gasteiger partial charge is 0.161 e. The van der Waals surface area contributed by atoms with E-state index in [1.54, 1.807) is 0 Å². The zero-order chi connectivity index (χ0) is 13.7. The van der Waals surface area contributed by atoms with Crippen LogP contribution in [0.15, 0.2) is 18.2 Å². The van der Waals surface area contributed by atoms with Gasteiger partial charge in [-0.3, -0.25) is 0 Å². The summed E-state index contributed by atoms with van der Waals surface area (Å²) in [6.45, 7) is 8.39. The first-order chi connectivity index (χ1) is 9.24. The Morgan fingerprint density at radius 2 is 1.80 bits per heavy atom. The van der Waals surface area contributed by atoms with Crippen molar-refractivity contribution in [2.75, 3.05) is 32.8 Å². The van der Waals surface area contributed by atoms with Gasteiger partial charge in [-0.05, 0) is 37.2 Å². The molecule has 0 aliphatic carbocycles. The molecular weight excluding hydrogens is 278 g/mol. The van der Waals surface area contributed by atoms with Crippen LogP contribution in [0.5, 0.6) is 11.5 Å². The first-order valence-corrected chi connectivity index (χ1v) is 7.04. The van der Waals surface area contributed by atoms with Crippen LogP contribution in [-0.2, 0) is 0 Å². The molecule has 0 bridgehead atoms. The molecule has 1 N–H and O–H groups in total. The van der Waals surface area contributed by atoms with Crippen LogP contribution in [0.1, 0.15) is 31.9 Å². The van der Waals surface area contributed by atoms with Gasteiger partial charge in [0.15, 0.2) is 11.5 Å². The summed E-state index contributed by atoms with van der Waals surface area (Å²) < 4.78 is 11.0. The van der Waals surface area contributed by atoms with Gasteiger partial charge in [0.25, 0.3) is 0 Å². The van der Waals surface area contributed by atoms with E-state index in [0.29, 0.717) is 13.2 Å². The minimum absolute atomic E-state index is 0. The van der Waals surface area contributed by atoms with E-state index in [9.17, 15) is 5.11 Å². The van der Waals surface area contributed by atoms with Gasteiger partial charge in [0.1, 0.15) is 13.2 Å². The zero-order valence-electron chi connectivity index (χ0n) is 12.1. The molecule has 0 saturated heterocycles. The Hall–Kier alpha value is -0.970. The highest BCUT2D eigenvalue weighted by molar-refractivity contribution is 5.44. The number of rotatable bonds is 6. The van der Waals surface area contributed by atoms with Crippen molar-refractivity contribution in [3.05, 3.63) is 23.8 Å². The Bertz CT molecular complexity index is 410. The minimum Gasteiger partial charge on any atom is -1.00 e. The summed E-state index contributed by atoms with van der Waals surface area (Å²) in [5, 5.41) is 10.2. The molecule has 1 atom stereocenters. The average Bonchev–Trinajstić information content (AvgIpc) is 2.47. The number of fused-ring (bicyclic) bond motifs is 1. The highest BCUT2D eigenvalue weighted by Gasteiger charge is 2.15. The lowest BCUT2D eigenvalue weighted by Gasteiger charge is -2.22. The predicted molar refractivity (Wildman–Crippen MR) is 74.8 cm³/mol. The summed E-state index contributed by atoms with van der Waals surface area (Å²) in [5.41, 5.74) is 0.899. The fourth-order valence-electron chi connectivity index (χ4n) is 2.28. The molecule has 0 fully saturated rings. The third kappa shape index (κ3) is 4.27. The van der Waals surface area contributed by atoms with Crippen LogP contribution in [0.3, 0.4) is 0 Å². The number of aliphatic hydroxyl groups excluding tert-OH is 1. The van der Waals surface area contributed by atoms with Crippen LogP contribution in [0.4, 0.5) is 0 Å². The standard InChI is InChI=1S/C15H23NO3.ClH/c1-3-16(4-2)8-7-13(17)12-5-6-14-15(11-12)19-10-9-18-14;/h5-6,11,13,17H,3-4,7-10H2,1-2H3;1H/p-1. The molecule has 1 heterocycles. The van der Waals surface area contributed by atoms with E-state index in [-0.39, 0.29) is 12.4 Å². The minimum atomic E-state index is -0.448. The van der Waals surface area contributed by atoms with Crippen LogP contribution in [0, 0.1) is 0 Å². The maximum absolute atomic E-state index is 10.2. The second-order valence-corrected chi connectivity index (χ2v) is 4.73. The van der Waals surface area contributed by atoms with Gasteiger partial charge in [-0.2, -0.15) is 0 Å². The van der Waals surface area contributed by atoms with Crippen molar-refractivity contribution >= 4 is 0 Å². The number of halogens is 1. The molecule has 1 aliphatic rings. The van der Waals surface area contributed by atoms with E-state index in [4.69, 9.17) is 9.47 Å². The lowest BCUT2D eigenvalue weighted by molar-refractivity contribution is -0.00000662. The van der Waals surface area contributed by atoms with E-state index in [2.05, 4.69) is 18.7 Å². The zero-order valence-corrected chi connectivity index (χ0v) is 12.9. The molecule has 20 heavy (non-hydrogen) atoms. The van der Waals surface area contributed by atoms with Gasteiger partial charge in [0.05, 0.1) is 6.10 Å². The lowest BCUT2D eigenvalue weighted by Crippen LogP contribution is -3.00. The molecule has 0 radical (unpaired) electrons. The Labute approximate surface area is 127 Å². The van der Waals surface area contributed by atoms with E-state index < -0.39 is 6.10 Å². The highest BCUT2D eigenvalue weighted by Crippen LogP contribution is 2.33. The van der Waals surface area contributed by atoms with Gasteiger partial charge in [-0.25, -0.2) is 0 Å². The maximum atomic E-state index is 10.2. The summed E-state index contributed by atoms with van der Waals surface area (Å²) >= 11 is 0. The van der Waals surface area contributed by atoms with E-state index >= 15 is 0 Å². The number of nitrogens with zero attached hydrogens (tertiary/aromatic N) is 1. The van der Waals surface area contributed by atoms with E-state index in [1.807, 2.05) is 18.2 Å². The van der Waals surface area contributed by atoms with E-state index in [1.165, 1.54) is 0 Å². The molecule has 0 saturated carbocycles. The number of ether oxygens (including phenoxy) is 2. The maximum Gasteiger partial charge on any atom is 0.161 e. The quantitative estimate of drug-likeness (QED) is 0.749. The number of hydrogen-bond donors (Lipinski definition) is 1. The third-order valence-corrected chi connectivity index (χ3v) is 3.56. The fourth-order valence-corrected chi connectivity index (χ4v) is 2.28. The van der Waals surface area contributed by atoms with Crippen LogP contribution in [0.2, 0.25) is 0 Å². The van der Waals surface area contributed by atoms with Crippen molar-refractivity contribution in [3.63, 3.8) is 0 Å². The average molecular weight is 301 g/mol. The van der Waals surface area contributed by atoms with Crippen molar-refractivity contribution in [2.24, 2.45) is 0 Å². The predicted octanol–water partition coefficient (Wildman–Crippen LogP) is -0.773. The molecule has 4 nitrogen and oxygen atoms in total. The summed E-state index contributed by atoms with van der Waals surface area (Å²) in [7, 11) is 0. The third-order valence-electron chi connectivity index (χ3n) is 3.56. The Balaban J connectivity index is 0.00000200. The Kier molecular flexibility index (Phi) is 7.13. The molecule has 2 rings (SSSR count). The lowest BCUT2D eigenvalue weighted by atomic mass is 10.1. The Morgan fingerprint density at radius 3 is 2.45 bits per heavy atom. The summed E-state index contributed by atoms with van der Waals surface area (Å²) in [6.07, 6.45) is 0.290. The van der Waals surface area contributed by atoms with Crippen molar-refractivity contribution in [3.8, 4) is 11.5 Å². The molecular formula is C15H23ClNO3-. The van der Waals surface area contributed by atoms with Gasteiger partial charge in [0.2, 0.25) is 0 Å². The molecule has 1 aromatic rings. The molecule has 0 spiro atoms. The molecule has 5 heteroatoms. The monoisotopic (exact) mass is 300 g/mol. The molecule has 0 amide bonds. The molecule has 1 aromatic carbocycles. The highest BCUT2D eigenvalue weighted by atomic mass is 35.5. The van der Waals surface area contributed by atoms with Crippen LogP contribution in [-0.4, -0.2) is 42.9 Å². The summed E-state index contributed by atoms with van der Waals surface area (Å²) in [4.78, 5) is 2.31. The first-order valence-electron chi connectivity index (χ1n) is 7.04. The van der Waals surface area contributed by atoms with Crippen LogP contribution in [0.25, 0.3) is 0 Å². The van der Waals surface area contributed by atoms with Crippen molar-refractivity contribution in [1.29, 1.82) is 0 Å². The second kappa shape index (κ2) is 8.35. The van der Waals surface area contributed by atoms with Crippen molar-refractivity contribution in [2.45, 2.75) is 26.4 Å². The molecule has 0 aromatic heterocycles. The van der Waals surface area contributed by atoms with Crippen molar-refractivity contribution in [1.82, 2.24) is 4.90 Å². The largest absolute Gasteiger partial charge is 1.00 e. The van der Waals surface area contributed by atoms with Gasteiger partial charge in [-0.1, -0.05) is 19.9 Å². The summed E-state index contributed by atoms with van der Waals surface area (Å²) in [5.74, 6) is 1.51. The van der Waals surface area contributed by atoms with Crippen molar-refractivity contribution < 1.29 is 27.0 Å². The van der Waals surface area contributed by atoms with Gasteiger partial charge >= 0.3 is 0 Å². The van der Waals surface area contributed by atoms with E-state index in [0.717, 1.165) is 43.1 Å². The van der Waals surface area contributed by atoms with Crippen LogP contribution >= 0.6 is 0 Å². The molecule has 1 unspecified atom stereocenters. The van der Waals surface area contributed by atoms with Crippen LogP contribution < -0.4 is 21.9 Å². The first kappa shape index (κ1) is 17.1. The number of benzene rings is 1. The molecule has 114 valence electrons. The summed E-state index contributed by atoms with van der Waals surface area (Å²) in [6, 6.07) is 5.69. The van der Waals surface area contributed by atoms with Gasteiger partial charge in [-0.15, -0.1) is 0 Å².